The summed E-state index contributed by atoms with van der Waals surface area (Å²) in [4.78, 5) is 18.5. The molecule has 1 aliphatic carbocycles. The molecule has 2 aromatic rings. The summed E-state index contributed by atoms with van der Waals surface area (Å²) in [5, 5.41) is 14.7. The predicted molar refractivity (Wildman–Crippen MR) is 95.1 cm³/mol. The van der Waals surface area contributed by atoms with Gasteiger partial charge in [-0.05, 0) is 31.0 Å². The summed E-state index contributed by atoms with van der Waals surface area (Å²) in [6.07, 6.45) is 7.61. The third-order valence-corrected chi connectivity index (χ3v) is 5.42. The van der Waals surface area contributed by atoms with Gasteiger partial charge in [0.1, 0.15) is 0 Å². The number of hydrogen-bond donors (Lipinski definition) is 1. The average molecular weight is 340 g/mol. The molecule has 0 aromatic carbocycles. The summed E-state index contributed by atoms with van der Waals surface area (Å²) < 4.78 is 1.58. The van der Waals surface area contributed by atoms with Crippen LogP contribution in [0.4, 0.5) is 0 Å². The van der Waals surface area contributed by atoms with Gasteiger partial charge in [-0.3, -0.25) is 14.7 Å². The maximum atomic E-state index is 12.1. The molecule has 25 heavy (non-hydrogen) atoms. The summed E-state index contributed by atoms with van der Waals surface area (Å²) in [7, 11) is 0. The maximum absolute atomic E-state index is 12.1. The molecule has 1 aliphatic heterocycles. The second-order valence-electron chi connectivity index (χ2n) is 7.21. The molecule has 4 rings (SSSR count). The molecule has 0 radical (unpaired) electrons. The van der Waals surface area contributed by atoms with Crippen molar-refractivity contribution in [1.82, 2.24) is 19.7 Å². The van der Waals surface area contributed by atoms with E-state index in [2.05, 4.69) is 15.0 Å². The van der Waals surface area contributed by atoms with Gasteiger partial charge in [-0.2, -0.15) is 5.10 Å². The molecule has 2 atom stereocenters. The molecule has 0 spiro atoms. The molecule has 0 bridgehead atoms. The molecule has 2 unspecified atom stereocenters. The Morgan fingerprint density at radius 3 is 2.60 bits per heavy atom. The van der Waals surface area contributed by atoms with Crippen LogP contribution < -0.4 is 5.56 Å². The van der Waals surface area contributed by atoms with E-state index >= 15 is 0 Å². The Labute approximate surface area is 147 Å². The topological polar surface area (TPSA) is 71.2 Å². The third kappa shape index (κ3) is 3.50. The Hall–Kier alpha value is -2.05. The van der Waals surface area contributed by atoms with Crippen LogP contribution in [0.2, 0.25) is 0 Å². The zero-order valence-corrected chi connectivity index (χ0v) is 14.3. The van der Waals surface area contributed by atoms with Crippen molar-refractivity contribution >= 4 is 0 Å². The van der Waals surface area contributed by atoms with E-state index in [0.717, 1.165) is 43.6 Å². The van der Waals surface area contributed by atoms with Crippen LogP contribution in [0.5, 0.6) is 0 Å². The van der Waals surface area contributed by atoms with E-state index in [1.165, 1.54) is 6.42 Å². The van der Waals surface area contributed by atoms with Crippen LogP contribution in [0.1, 0.15) is 25.7 Å². The Morgan fingerprint density at radius 2 is 1.84 bits per heavy atom. The number of pyridine rings is 1. The van der Waals surface area contributed by atoms with Gasteiger partial charge in [0.25, 0.3) is 5.56 Å². The number of aliphatic hydroxyl groups is 1. The van der Waals surface area contributed by atoms with Crippen molar-refractivity contribution in [3.05, 3.63) is 47.0 Å². The fourth-order valence-electron chi connectivity index (χ4n) is 4.01. The van der Waals surface area contributed by atoms with Crippen LogP contribution in [0, 0.1) is 5.92 Å². The second-order valence-corrected chi connectivity index (χ2v) is 7.21. The van der Waals surface area contributed by atoms with E-state index in [-0.39, 0.29) is 11.7 Å². The van der Waals surface area contributed by atoms with E-state index < -0.39 is 0 Å². The Morgan fingerprint density at radius 1 is 1.08 bits per heavy atom. The van der Waals surface area contributed by atoms with Gasteiger partial charge >= 0.3 is 0 Å². The molecular weight excluding hydrogens is 316 g/mol. The largest absolute Gasteiger partial charge is 0.391 e. The third-order valence-electron chi connectivity index (χ3n) is 5.42. The number of aromatic nitrogens is 3. The zero-order chi connectivity index (χ0) is 17.2. The molecule has 1 saturated carbocycles. The average Bonchev–Trinajstić information content (AvgIpc) is 2.61. The van der Waals surface area contributed by atoms with Crippen molar-refractivity contribution in [3.63, 3.8) is 0 Å². The van der Waals surface area contributed by atoms with Gasteiger partial charge in [0.15, 0.2) is 0 Å². The lowest BCUT2D eigenvalue weighted by atomic mass is 9.87. The minimum Gasteiger partial charge on any atom is -0.391 e. The number of aliphatic hydroxyl groups excluding tert-OH is 1. The highest BCUT2D eigenvalue weighted by Crippen LogP contribution is 2.29. The first-order valence-electron chi connectivity index (χ1n) is 9.11. The monoisotopic (exact) mass is 340 g/mol. The Bertz CT molecular complexity index is 770. The fourth-order valence-corrected chi connectivity index (χ4v) is 4.01. The Balaban J connectivity index is 1.41. The molecule has 6 nitrogen and oxygen atoms in total. The molecule has 132 valence electrons. The predicted octanol–water partition coefficient (Wildman–Crippen LogP) is 1.54. The van der Waals surface area contributed by atoms with Crippen LogP contribution in [0.25, 0.3) is 11.3 Å². The van der Waals surface area contributed by atoms with E-state index in [9.17, 15) is 9.90 Å². The van der Waals surface area contributed by atoms with Crippen LogP contribution in [-0.2, 0) is 6.54 Å². The fraction of sp³-hybridized carbons (Fsp3) is 0.526. The van der Waals surface area contributed by atoms with Gasteiger partial charge in [-0.15, -0.1) is 0 Å². The number of rotatable bonds is 4. The molecule has 1 N–H and O–H groups in total. The maximum Gasteiger partial charge on any atom is 0.266 e. The van der Waals surface area contributed by atoms with Crippen LogP contribution >= 0.6 is 0 Å². The van der Waals surface area contributed by atoms with E-state index in [0.29, 0.717) is 18.5 Å². The SMILES string of the molecule is O=c1ccc(-c2ccncc2)nn1CC1CN(C2CCCCC2O)C1. The first kappa shape index (κ1) is 16.4. The standard InChI is InChI=1S/C19H24N4O2/c24-18-4-2-1-3-17(18)22-11-14(12-22)13-23-19(25)6-5-16(21-23)15-7-9-20-10-8-15/h5-10,14,17-18,24H,1-4,11-13H2. The molecule has 2 aromatic heterocycles. The van der Waals surface area contributed by atoms with Crippen molar-refractivity contribution in [1.29, 1.82) is 0 Å². The second kappa shape index (κ2) is 7.06. The van der Waals surface area contributed by atoms with Crippen LogP contribution in [0.3, 0.4) is 0 Å². The summed E-state index contributed by atoms with van der Waals surface area (Å²) >= 11 is 0. The van der Waals surface area contributed by atoms with Gasteiger partial charge < -0.3 is 5.11 Å². The highest BCUT2D eigenvalue weighted by Gasteiger charge is 2.37. The lowest BCUT2D eigenvalue weighted by Crippen LogP contribution is -2.58. The minimum atomic E-state index is -0.189. The molecule has 2 aliphatic rings. The molecule has 6 heteroatoms. The lowest BCUT2D eigenvalue weighted by Gasteiger charge is -2.47. The Kier molecular flexibility index (Phi) is 4.63. The smallest absolute Gasteiger partial charge is 0.266 e. The zero-order valence-electron chi connectivity index (χ0n) is 14.3. The van der Waals surface area contributed by atoms with Crippen molar-refractivity contribution in [2.45, 2.75) is 44.4 Å². The van der Waals surface area contributed by atoms with Crippen molar-refractivity contribution in [3.8, 4) is 11.3 Å². The van der Waals surface area contributed by atoms with E-state index in [1.54, 1.807) is 29.2 Å². The highest BCUT2D eigenvalue weighted by atomic mass is 16.3. The van der Waals surface area contributed by atoms with Gasteiger partial charge in [0.2, 0.25) is 0 Å². The van der Waals surface area contributed by atoms with E-state index in [1.807, 2.05) is 12.1 Å². The molecule has 2 fully saturated rings. The minimum absolute atomic E-state index is 0.0612. The van der Waals surface area contributed by atoms with Gasteiger partial charge in [-0.1, -0.05) is 12.8 Å². The summed E-state index contributed by atoms with van der Waals surface area (Å²) in [5.74, 6) is 0.423. The molecule has 1 saturated heterocycles. The number of likely N-dealkylation sites (tertiary alicyclic amines) is 1. The normalized spacial score (nSPS) is 24.8. The van der Waals surface area contributed by atoms with Crippen molar-refractivity contribution in [2.75, 3.05) is 13.1 Å². The first-order chi connectivity index (χ1) is 12.2. The molecular formula is C19H24N4O2. The van der Waals surface area contributed by atoms with Crippen molar-refractivity contribution < 1.29 is 5.11 Å². The van der Waals surface area contributed by atoms with Crippen LogP contribution in [0.15, 0.2) is 41.5 Å². The van der Waals surface area contributed by atoms with Crippen molar-refractivity contribution in [2.24, 2.45) is 5.92 Å². The molecule has 3 heterocycles. The quantitative estimate of drug-likeness (QED) is 0.914. The van der Waals surface area contributed by atoms with Gasteiger partial charge in [0.05, 0.1) is 18.3 Å². The lowest BCUT2D eigenvalue weighted by molar-refractivity contribution is -0.0404. The molecule has 0 amide bonds. The van der Waals surface area contributed by atoms with Crippen LogP contribution in [-0.4, -0.2) is 50.0 Å². The summed E-state index contributed by atoms with van der Waals surface area (Å²) in [6.45, 7) is 2.52. The summed E-state index contributed by atoms with van der Waals surface area (Å²) in [6, 6.07) is 7.45. The van der Waals surface area contributed by atoms with E-state index in [4.69, 9.17) is 0 Å². The van der Waals surface area contributed by atoms with Gasteiger partial charge in [0, 0.05) is 49.1 Å². The summed E-state index contributed by atoms with van der Waals surface area (Å²) in [5.41, 5.74) is 1.69. The number of nitrogens with zero attached hydrogens (tertiary/aromatic N) is 4. The first-order valence-corrected chi connectivity index (χ1v) is 9.11. The number of hydrogen-bond acceptors (Lipinski definition) is 5. The van der Waals surface area contributed by atoms with Gasteiger partial charge in [-0.25, -0.2) is 4.68 Å². The highest BCUT2D eigenvalue weighted by molar-refractivity contribution is 5.56.